The number of halogens is 1. The molecule has 0 radical (unpaired) electrons. The lowest BCUT2D eigenvalue weighted by atomic mass is 10.2. The van der Waals surface area contributed by atoms with Crippen molar-refractivity contribution >= 4 is 33.2 Å². The zero-order chi connectivity index (χ0) is 20.7. The first-order valence-electron chi connectivity index (χ1n) is 8.99. The number of carbonyl (C=O) groups is 1. The van der Waals surface area contributed by atoms with Crippen molar-refractivity contribution in [2.75, 3.05) is 25.5 Å². The second kappa shape index (κ2) is 9.91. The molecule has 8 heteroatoms. The quantitative estimate of drug-likeness (QED) is 0.657. The van der Waals surface area contributed by atoms with Crippen LogP contribution in [0.1, 0.15) is 25.3 Å². The first-order chi connectivity index (χ1) is 13.2. The van der Waals surface area contributed by atoms with Crippen LogP contribution in [0.25, 0.3) is 0 Å². The summed E-state index contributed by atoms with van der Waals surface area (Å²) in [5.41, 5.74) is 1.36. The molecule has 0 fully saturated rings. The number of nitrogens with one attached hydrogen (secondary N) is 1. The molecule has 0 bridgehead atoms. The van der Waals surface area contributed by atoms with E-state index in [1.54, 1.807) is 37.4 Å². The Balaban J connectivity index is 1.94. The number of carbonyl (C=O) groups excluding carboxylic acids is 1. The van der Waals surface area contributed by atoms with E-state index in [9.17, 15) is 13.2 Å². The van der Waals surface area contributed by atoms with Crippen LogP contribution in [0.3, 0.4) is 0 Å². The summed E-state index contributed by atoms with van der Waals surface area (Å²) >= 11 is 5.96. The molecule has 2 aromatic rings. The third-order valence-corrected chi connectivity index (χ3v) is 6.47. The zero-order valence-corrected chi connectivity index (χ0v) is 17.8. The number of aryl methyl sites for hydroxylation is 1. The molecule has 28 heavy (non-hydrogen) atoms. The second-order valence-corrected chi connectivity index (χ2v) is 8.90. The van der Waals surface area contributed by atoms with E-state index in [0.29, 0.717) is 23.0 Å². The molecule has 0 saturated heterocycles. The molecule has 1 amide bonds. The van der Waals surface area contributed by atoms with Crippen molar-refractivity contribution in [1.82, 2.24) is 4.31 Å². The lowest BCUT2D eigenvalue weighted by Gasteiger charge is -2.17. The number of hydrogen-bond acceptors (Lipinski definition) is 4. The highest BCUT2D eigenvalue weighted by atomic mass is 35.5. The monoisotopic (exact) mass is 424 g/mol. The van der Waals surface area contributed by atoms with Gasteiger partial charge in [0.05, 0.1) is 4.90 Å². The molecule has 0 aromatic heterocycles. The fourth-order valence-corrected chi connectivity index (χ4v) is 3.77. The van der Waals surface area contributed by atoms with E-state index in [-0.39, 0.29) is 17.4 Å². The third-order valence-electron chi connectivity index (χ3n) is 4.17. The minimum Gasteiger partial charge on any atom is -0.484 e. The number of sulfonamides is 1. The Labute approximate surface area is 171 Å². The summed E-state index contributed by atoms with van der Waals surface area (Å²) in [6, 6.07) is 11.2. The van der Waals surface area contributed by atoms with Crippen LogP contribution in [0.5, 0.6) is 5.75 Å². The molecule has 152 valence electrons. The molecule has 0 heterocycles. The van der Waals surface area contributed by atoms with Gasteiger partial charge in [-0.05, 0) is 61.4 Å². The molecule has 0 spiro atoms. The van der Waals surface area contributed by atoms with Crippen LogP contribution in [0.2, 0.25) is 5.02 Å². The molecule has 0 atom stereocenters. The number of anilines is 1. The number of amides is 1. The number of nitrogens with zero attached hydrogens (tertiary/aromatic N) is 1. The summed E-state index contributed by atoms with van der Waals surface area (Å²) in [6.45, 7) is 4.17. The van der Waals surface area contributed by atoms with Gasteiger partial charge in [0.1, 0.15) is 5.75 Å². The number of rotatable bonds is 9. The average molecular weight is 425 g/mol. The van der Waals surface area contributed by atoms with Crippen molar-refractivity contribution in [2.24, 2.45) is 0 Å². The lowest BCUT2D eigenvalue weighted by Crippen LogP contribution is -2.28. The predicted octanol–water partition coefficient (Wildman–Crippen LogP) is 4.09. The first kappa shape index (κ1) is 22.2. The van der Waals surface area contributed by atoms with E-state index in [1.165, 1.54) is 16.4 Å². The first-order valence-corrected chi connectivity index (χ1v) is 10.8. The van der Waals surface area contributed by atoms with Gasteiger partial charge in [-0.2, -0.15) is 0 Å². The Hall–Kier alpha value is -2.09. The summed E-state index contributed by atoms with van der Waals surface area (Å²) < 4.78 is 31.8. The van der Waals surface area contributed by atoms with Gasteiger partial charge in [-0.1, -0.05) is 24.9 Å². The van der Waals surface area contributed by atoms with Crippen LogP contribution < -0.4 is 10.1 Å². The number of ether oxygens (including phenoxy) is 1. The second-order valence-electron chi connectivity index (χ2n) is 6.45. The van der Waals surface area contributed by atoms with Crippen molar-refractivity contribution in [1.29, 1.82) is 0 Å². The molecule has 0 unspecified atom stereocenters. The minimum absolute atomic E-state index is 0.166. The van der Waals surface area contributed by atoms with Crippen molar-refractivity contribution < 1.29 is 17.9 Å². The highest BCUT2D eigenvalue weighted by molar-refractivity contribution is 7.89. The molecular formula is C20H25ClN2O4S. The van der Waals surface area contributed by atoms with Gasteiger partial charge >= 0.3 is 0 Å². The molecule has 6 nitrogen and oxygen atoms in total. The Morgan fingerprint density at radius 1 is 1.18 bits per heavy atom. The summed E-state index contributed by atoms with van der Waals surface area (Å²) in [5.74, 6) is 0.205. The number of benzene rings is 2. The molecule has 0 saturated carbocycles. The molecule has 0 aliphatic rings. The fraction of sp³-hybridized carbons (Fsp3) is 0.350. The van der Waals surface area contributed by atoms with Gasteiger partial charge in [-0.25, -0.2) is 12.7 Å². The highest BCUT2D eigenvalue weighted by Gasteiger charge is 2.20. The summed E-state index contributed by atoms with van der Waals surface area (Å²) in [5, 5.41) is 3.31. The SMILES string of the molecule is CCCCN(C)S(=O)(=O)c1ccc(NC(=O)COc2ccc(Cl)c(C)c2)cc1. The van der Waals surface area contributed by atoms with Gasteiger partial charge < -0.3 is 10.1 Å². The third kappa shape index (κ3) is 5.95. The summed E-state index contributed by atoms with van der Waals surface area (Å²) in [4.78, 5) is 12.2. The maximum Gasteiger partial charge on any atom is 0.262 e. The maximum atomic E-state index is 12.5. The van der Waals surface area contributed by atoms with Gasteiger partial charge in [0.15, 0.2) is 6.61 Å². The van der Waals surface area contributed by atoms with E-state index >= 15 is 0 Å². The Bertz CT molecular complexity index is 914. The molecule has 2 aromatic carbocycles. The van der Waals surface area contributed by atoms with Crippen molar-refractivity contribution in [3.63, 3.8) is 0 Å². The van der Waals surface area contributed by atoms with Crippen molar-refractivity contribution in [2.45, 2.75) is 31.6 Å². The smallest absolute Gasteiger partial charge is 0.262 e. The largest absolute Gasteiger partial charge is 0.484 e. The Kier molecular flexibility index (Phi) is 7.86. The average Bonchev–Trinajstić information content (AvgIpc) is 2.67. The van der Waals surface area contributed by atoms with E-state index in [1.807, 2.05) is 13.8 Å². The molecule has 0 aliphatic heterocycles. The van der Waals surface area contributed by atoms with E-state index in [2.05, 4.69) is 5.32 Å². The van der Waals surface area contributed by atoms with Gasteiger partial charge in [0, 0.05) is 24.3 Å². The normalized spacial score (nSPS) is 11.5. The van der Waals surface area contributed by atoms with E-state index < -0.39 is 10.0 Å². The molecule has 2 rings (SSSR count). The highest BCUT2D eigenvalue weighted by Crippen LogP contribution is 2.21. The number of unbranched alkanes of at least 4 members (excludes halogenated alkanes) is 1. The van der Waals surface area contributed by atoms with Crippen LogP contribution in [-0.2, 0) is 14.8 Å². The van der Waals surface area contributed by atoms with E-state index in [0.717, 1.165) is 18.4 Å². The van der Waals surface area contributed by atoms with Crippen LogP contribution in [0.4, 0.5) is 5.69 Å². The predicted molar refractivity (Wildman–Crippen MR) is 111 cm³/mol. The standard InChI is InChI=1S/C20H25ClN2O4S/c1-4-5-12-23(3)28(25,26)18-9-6-16(7-10-18)22-20(24)14-27-17-8-11-19(21)15(2)13-17/h6-11,13H,4-5,12,14H2,1-3H3,(H,22,24). The lowest BCUT2D eigenvalue weighted by molar-refractivity contribution is -0.118. The van der Waals surface area contributed by atoms with E-state index in [4.69, 9.17) is 16.3 Å². The summed E-state index contributed by atoms with van der Waals surface area (Å²) in [7, 11) is -1.96. The topological polar surface area (TPSA) is 75.7 Å². The van der Waals surface area contributed by atoms with Crippen LogP contribution in [0.15, 0.2) is 47.4 Å². The maximum absolute atomic E-state index is 12.5. The van der Waals surface area contributed by atoms with Gasteiger partial charge in [-0.3, -0.25) is 4.79 Å². The summed E-state index contributed by atoms with van der Waals surface area (Å²) in [6.07, 6.45) is 1.72. The van der Waals surface area contributed by atoms with Crippen molar-refractivity contribution in [3.05, 3.63) is 53.1 Å². The van der Waals surface area contributed by atoms with Crippen LogP contribution in [0, 0.1) is 6.92 Å². The molecule has 1 N–H and O–H groups in total. The van der Waals surface area contributed by atoms with Crippen molar-refractivity contribution in [3.8, 4) is 5.75 Å². The Morgan fingerprint density at radius 3 is 2.46 bits per heavy atom. The molecular weight excluding hydrogens is 400 g/mol. The molecule has 0 aliphatic carbocycles. The Morgan fingerprint density at radius 2 is 1.86 bits per heavy atom. The fourth-order valence-electron chi connectivity index (χ4n) is 2.44. The van der Waals surface area contributed by atoms with Gasteiger partial charge in [0.2, 0.25) is 10.0 Å². The zero-order valence-electron chi connectivity index (χ0n) is 16.2. The van der Waals surface area contributed by atoms with Gasteiger partial charge in [0.25, 0.3) is 5.91 Å². The van der Waals surface area contributed by atoms with Gasteiger partial charge in [-0.15, -0.1) is 0 Å². The minimum atomic E-state index is -3.53. The van der Waals surface area contributed by atoms with Crippen LogP contribution >= 0.6 is 11.6 Å². The number of hydrogen-bond donors (Lipinski definition) is 1. The van der Waals surface area contributed by atoms with Crippen LogP contribution in [-0.4, -0.2) is 38.8 Å².